The predicted octanol–water partition coefficient (Wildman–Crippen LogP) is 3.09. The van der Waals surface area contributed by atoms with Crippen LogP contribution in [0.5, 0.6) is 0 Å². The van der Waals surface area contributed by atoms with E-state index in [1.807, 2.05) is 19.1 Å². The number of amides is 3. The highest BCUT2D eigenvalue weighted by Crippen LogP contribution is 2.22. The molecule has 0 spiro atoms. The van der Waals surface area contributed by atoms with E-state index in [0.717, 1.165) is 11.1 Å². The summed E-state index contributed by atoms with van der Waals surface area (Å²) in [5.41, 5.74) is 1.53. The Kier molecular flexibility index (Phi) is 6.18. The fourth-order valence-corrected chi connectivity index (χ4v) is 2.31. The van der Waals surface area contributed by atoms with Crippen LogP contribution in [-0.2, 0) is 4.79 Å². The van der Waals surface area contributed by atoms with E-state index in [4.69, 9.17) is 5.11 Å². The van der Waals surface area contributed by atoms with Crippen LogP contribution in [0, 0.1) is 0 Å². The van der Waals surface area contributed by atoms with E-state index < -0.39 is 17.4 Å². The minimum Gasteiger partial charge on any atom is -0.480 e. The van der Waals surface area contributed by atoms with E-state index in [1.54, 1.807) is 36.4 Å². The van der Waals surface area contributed by atoms with Crippen LogP contribution in [-0.4, -0.2) is 35.1 Å². The minimum atomic E-state index is -1.34. The van der Waals surface area contributed by atoms with Gasteiger partial charge in [0.05, 0.1) is 0 Å². The number of carboxylic acids is 1. The molecule has 4 N–H and O–H groups in total. The van der Waals surface area contributed by atoms with Crippen LogP contribution in [0.3, 0.4) is 0 Å². The maximum atomic E-state index is 12.2. The fourth-order valence-electron chi connectivity index (χ4n) is 2.31. The molecule has 3 amide bonds. The fraction of sp³-hybridized carbons (Fsp3) is 0.250. The van der Waals surface area contributed by atoms with Crippen molar-refractivity contribution in [3.63, 3.8) is 0 Å². The molecule has 2 aromatic carbocycles. The molecule has 142 valence electrons. The maximum Gasteiger partial charge on any atom is 0.328 e. The normalized spacial score (nSPS) is 10.8. The summed E-state index contributed by atoms with van der Waals surface area (Å²) in [5.74, 6) is -1.55. The molecule has 0 aliphatic carbocycles. The van der Waals surface area contributed by atoms with Gasteiger partial charge in [0.2, 0.25) is 0 Å². The molecule has 0 radical (unpaired) electrons. The van der Waals surface area contributed by atoms with Crippen LogP contribution >= 0.6 is 0 Å². The monoisotopic (exact) mass is 369 g/mol. The lowest BCUT2D eigenvalue weighted by Gasteiger charge is -2.21. The number of hydrogen-bond acceptors (Lipinski definition) is 3. The Morgan fingerprint density at radius 2 is 1.44 bits per heavy atom. The Morgan fingerprint density at radius 1 is 0.926 bits per heavy atom. The summed E-state index contributed by atoms with van der Waals surface area (Å²) in [6.07, 6.45) is 0. The first-order chi connectivity index (χ1) is 12.7. The first-order valence-electron chi connectivity index (χ1n) is 8.54. The van der Waals surface area contributed by atoms with Crippen LogP contribution in [0.15, 0.2) is 48.5 Å². The number of carbonyl (C=O) groups is 3. The van der Waals surface area contributed by atoms with Crippen LogP contribution < -0.4 is 16.0 Å². The second-order valence-corrected chi connectivity index (χ2v) is 6.52. The summed E-state index contributed by atoms with van der Waals surface area (Å²) in [5, 5.41) is 17.0. The van der Waals surface area contributed by atoms with Gasteiger partial charge in [-0.3, -0.25) is 4.79 Å². The van der Waals surface area contributed by atoms with E-state index in [2.05, 4.69) is 16.0 Å². The van der Waals surface area contributed by atoms with Crippen molar-refractivity contribution >= 4 is 23.6 Å². The molecule has 0 heterocycles. The van der Waals surface area contributed by atoms with Crippen molar-refractivity contribution in [1.82, 2.24) is 10.6 Å². The van der Waals surface area contributed by atoms with Crippen molar-refractivity contribution in [2.24, 2.45) is 0 Å². The van der Waals surface area contributed by atoms with Crippen LogP contribution in [0.2, 0.25) is 0 Å². The molecule has 27 heavy (non-hydrogen) atoms. The number of benzene rings is 2. The molecule has 0 saturated carbocycles. The standard InChI is InChI=1S/C20H23N3O4/c1-4-21-19(27)22-16-11-9-14(10-12-16)13-5-7-15(8-6-13)17(24)23-20(2,3)18(25)26/h5-12H,4H2,1-3H3,(H,23,24)(H,25,26)(H2,21,22,27). The molecule has 7 nitrogen and oxygen atoms in total. The van der Waals surface area contributed by atoms with Gasteiger partial charge in [-0.1, -0.05) is 24.3 Å². The molecule has 0 unspecified atom stereocenters. The van der Waals surface area contributed by atoms with E-state index in [9.17, 15) is 14.4 Å². The van der Waals surface area contributed by atoms with Crippen molar-refractivity contribution in [2.75, 3.05) is 11.9 Å². The number of carbonyl (C=O) groups excluding carboxylic acids is 2. The van der Waals surface area contributed by atoms with Gasteiger partial charge >= 0.3 is 12.0 Å². The number of anilines is 1. The number of urea groups is 1. The van der Waals surface area contributed by atoms with Crippen LogP contribution in [0.1, 0.15) is 31.1 Å². The number of nitrogens with one attached hydrogen (secondary N) is 3. The number of carboxylic acid groups (broad SMARTS) is 1. The number of aliphatic carboxylic acids is 1. The lowest BCUT2D eigenvalue weighted by molar-refractivity contribution is -0.143. The number of rotatable bonds is 6. The van der Waals surface area contributed by atoms with Crippen molar-refractivity contribution < 1.29 is 19.5 Å². The highest BCUT2D eigenvalue weighted by atomic mass is 16.4. The molecule has 2 rings (SSSR count). The molecule has 0 atom stereocenters. The molecule has 0 saturated heterocycles. The first-order valence-corrected chi connectivity index (χ1v) is 8.54. The zero-order chi connectivity index (χ0) is 20.0. The third-order valence-electron chi connectivity index (χ3n) is 3.92. The third kappa shape index (κ3) is 5.31. The second kappa shape index (κ2) is 8.35. The molecular formula is C20H23N3O4. The van der Waals surface area contributed by atoms with Gasteiger partial charge in [0, 0.05) is 17.8 Å². The van der Waals surface area contributed by atoms with E-state index >= 15 is 0 Å². The van der Waals surface area contributed by atoms with Gasteiger partial charge in [0.15, 0.2) is 0 Å². The van der Waals surface area contributed by atoms with Crippen molar-refractivity contribution in [3.8, 4) is 11.1 Å². The van der Waals surface area contributed by atoms with E-state index in [-0.39, 0.29) is 6.03 Å². The van der Waals surface area contributed by atoms with Crippen LogP contribution in [0.25, 0.3) is 11.1 Å². The molecular weight excluding hydrogens is 346 g/mol. The zero-order valence-corrected chi connectivity index (χ0v) is 15.5. The quantitative estimate of drug-likeness (QED) is 0.627. The summed E-state index contributed by atoms with van der Waals surface area (Å²) in [7, 11) is 0. The topological polar surface area (TPSA) is 108 Å². The highest BCUT2D eigenvalue weighted by molar-refractivity contribution is 5.98. The average Bonchev–Trinajstić information content (AvgIpc) is 2.62. The van der Waals surface area contributed by atoms with Crippen LogP contribution in [0.4, 0.5) is 10.5 Å². The summed E-state index contributed by atoms with van der Waals surface area (Å²) in [4.78, 5) is 34.8. The van der Waals surface area contributed by atoms with Gasteiger partial charge in [-0.25, -0.2) is 9.59 Å². The predicted molar refractivity (Wildman–Crippen MR) is 104 cm³/mol. The maximum absolute atomic E-state index is 12.2. The van der Waals surface area contributed by atoms with Crippen molar-refractivity contribution in [2.45, 2.75) is 26.3 Å². The van der Waals surface area contributed by atoms with Gasteiger partial charge < -0.3 is 21.1 Å². The smallest absolute Gasteiger partial charge is 0.328 e. The van der Waals surface area contributed by atoms with Gasteiger partial charge in [0.25, 0.3) is 5.91 Å². The lowest BCUT2D eigenvalue weighted by atomic mass is 10.0. The first kappa shape index (κ1) is 20.0. The second-order valence-electron chi connectivity index (χ2n) is 6.52. The molecule has 0 bridgehead atoms. The van der Waals surface area contributed by atoms with Gasteiger partial charge in [0.1, 0.15) is 5.54 Å². The van der Waals surface area contributed by atoms with Gasteiger partial charge in [-0.05, 0) is 56.2 Å². The van der Waals surface area contributed by atoms with E-state index in [1.165, 1.54) is 13.8 Å². The van der Waals surface area contributed by atoms with Gasteiger partial charge in [-0.15, -0.1) is 0 Å². The highest BCUT2D eigenvalue weighted by Gasteiger charge is 2.29. The Hall–Kier alpha value is -3.35. The Labute approximate surface area is 157 Å². The average molecular weight is 369 g/mol. The molecule has 2 aromatic rings. The molecule has 0 aliphatic heterocycles. The summed E-state index contributed by atoms with van der Waals surface area (Å²) >= 11 is 0. The molecule has 0 fully saturated rings. The Balaban J connectivity index is 2.07. The SMILES string of the molecule is CCNC(=O)Nc1ccc(-c2ccc(C(=O)NC(C)(C)C(=O)O)cc2)cc1. The minimum absolute atomic E-state index is 0.259. The zero-order valence-electron chi connectivity index (χ0n) is 15.5. The van der Waals surface area contributed by atoms with Crippen molar-refractivity contribution in [3.05, 3.63) is 54.1 Å². The third-order valence-corrected chi connectivity index (χ3v) is 3.92. The summed E-state index contributed by atoms with van der Waals surface area (Å²) < 4.78 is 0. The Morgan fingerprint density at radius 3 is 1.93 bits per heavy atom. The number of hydrogen-bond donors (Lipinski definition) is 4. The summed E-state index contributed by atoms with van der Waals surface area (Å²) in [6.45, 7) is 5.25. The van der Waals surface area contributed by atoms with E-state index in [0.29, 0.717) is 17.8 Å². The van der Waals surface area contributed by atoms with Crippen molar-refractivity contribution in [1.29, 1.82) is 0 Å². The Bertz CT molecular complexity index is 827. The largest absolute Gasteiger partial charge is 0.480 e. The molecule has 7 heteroatoms. The molecule has 0 aliphatic rings. The lowest BCUT2D eigenvalue weighted by Crippen LogP contribution is -2.49. The molecule has 0 aromatic heterocycles. The summed E-state index contributed by atoms with van der Waals surface area (Å²) in [6, 6.07) is 13.9. The van der Waals surface area contributed by atoms with Gasteiger partial charge in [-0.2, -0.15) is 0 Å².